The number of carbonyl (C=O) groups excluding carboxylic acids is 1. The van der Waals surface area contributed by atoms with Gasteiger partial charge in [-0.25, -0.2) is 4.98 Å². The summed E-state index contributed by atoms with van der Waals surface area (Å²) in [7, 11) is 0. The van der Waals surface area contributed by atoms with E-state index in [4.69, 9.17) is 0 Å². The molecule has 1 fully saturated rings. The van der Waals surface area contributed by atoms with Gasteiger partial charge < -0.3 is 10.3 Å². The Kier molecular flexibility index (Phi) is 4.29. The second kappa shape index (κ2) is 6.20. The van der Waals surface area contributed by atoms with Crippen LogP contribution in [-0.2, 0) is 0 Å². The Morgan fingerprint density at radius 3 is 2.59 bits per heavy atom. The summed E-state index contributed by atoms with van der Waals surface area (Å²) in [6.07, 6.45) is 6.97. The first kappa shape index (κ1) is 15.2. The molecule has 6 heteroatoms. The zero-order chi connectivity index (χ0) is 15.7. The predicted octanol–water partition coefficient (Wildman–Crippen LogP) is 3.05. The Morgan fingerprint density at radius 2 is 1.91 bits per heavy atom. The van der Waals surface area contributed by atoms with Crippen LogP contribution in [0.3, 0.4) is 0 Å². The Balaban J connectivity index is 1.89. The number of thiophene rings is 1. The van der Waals surface area contributed by atoms with Crippen LogP contribution >= 0.6 is 11.3 Å². The van der Waals surface area contributed by atoms with Crippen molar-refractivity contribution in [3.05, 3.63) is 26.6 Å². The molecular weight excluding hydrogens is 298 g/mol. The number of aryl methyl sites for hydroxylation is 2. The topological polar surface area (TPSA) is 74.8 Å². The van der Waals surface area contributed by atoms with Crippen molar-refractivity contribution < 1.29 is 4.79 Å². The SMILES string of the molecule is Cc1nc2sc(C(=O)NC3CCCCCC3)c(C)c2c(=O)[nH]1. The Morgan fingerprint density at radius 1 is 1.23 bits per heavy atom. The van der Waals surface area contributed by atoms with E-state index in [1.54, 1.807) is 6.92 Å². The van der Waals surface area contributed by atoms with Crippen LogP contribution in [0.1, 0.15) is 59.6 Å². The lowest BCUT2D eigenvalue weighted by Gasteiger charge is -2.15. The smallest absolute Gasteiger partial charge is 0.261 e. The van der Waals surface area contributed by atoms with E-state index in [0.29, 0.717) is 20.9 Å². The second-order valence-corrected chi connectivity index (χ2v) is 7.05. The van der Waals surface area contributed by atoms with Gasteiger partial charge in [-0.2, -0.15) is 0 Å². The number of fused-ring (bicyclic) bond motifs is 1. The summed E-state index contributed by atoms with van der Waals surface area (Å²) in [6, 6.07) is 0.257. The molecule has 2 heterocycles. The number of nitrogens with zero attached hydrogens (tertiary/aromatic N) is 1. The fourth-order valence-corrected chi connectivity index (χ4v) is 4.27. The zero-order valence-electron chi connectivity index (χ0n) is 13.0. The molecule has 2 N–H and O–H groups in total. The van der Waals surface area contributed by atoms with Gasteiger partial charge >= 0.3 is 0 Å². The first-order chi connectivity index (χ1) is 10.6. The van der Waals surface area contributed by atoms with E-state index in [-0.39, 0.29) is 17.5 Å². The van der Waals surface area contributed by atoms with Crippen LogP contribution in [0.4, 0.5) is 0 Å². The summed E-state index contributed by atoms with van der Waals surface area (Å²) in [6.45, 7) is 3.58. The second-order valence-electron chi connectivity index (χ2n) is 6.05. The van der Waals surface area contributed by atoms with Crippen LogP contribution in [0, 0.1) is 13.8 Å². The molecule has 0 aliphatic heterocycles. The number of aromatic amines is 1. The van der Waals surface area contributed by atoms with Gasteiger partial charge in [0.2, 0.25) is 0 Å². The number of carbonyl (C=O) groups is 1. The summed E-state index contributed by atoms with van der Waals surface area (Å²) >= 11 is 1.31. The molecule has 0 spiro atoms. The van der Waals surface area contributed by atoms with Gasteiger partial charge in [0, 0.05) is 6.04 Å². The van der Waals surface area contributed by atoms with Crippen LogP contribution in [0.25, 0.3) is 10.2 Å². The van der Waals surface area contributed by atoms with E-state index in [1.165, 1.54) is 37.0 Å². The van der Waals surface area contributed by atoms with Gasteiger partial charge in [0.05, 0.1) is 10.3 Å². The maximum Gasteiger partial charge on any atom is 0.261 e. The monoisotopic (exact) mass is 319 g/mol. The molecule has 2 aromatic rings. The van der Waals surface area contributed by atoms with E-state index in [1.807, 2.05) is 6.92 Å². The van der Waals surface area contributed by atoms with Crippen LogP contribution in [-0.4, -0.2) is 21.9 Å². The Hall–Kier alpha value is -1.69. The molecule has 0 saturated heterocycles. The van der Waals surface area contributed by atoms with E-state index in [2.05, 4.69) is 15.3 Å². The fraction of sp³-hybridized carbons (Fsp3) is 0.562. The summed E-state index contributed by atoms with van der Waals surface area (Å²) in [5.74, 6) is 0.513. The van der Waals surface area contributed by atoms with Crippen molar-refractivity contribution in [2.45, 2.75) is 58.4 Å². The first-order valence-electron chi connectivity index (χ1n) is 7.87. The van der Waals surface area contributed by atoms with Gasteiger partial charge in [0.15, 0.2) is 0 Å². The van der Waals surface area contributed by atoms with Gasteiger partial charge in [-0.1, -0.05) is 25.7 Å². The average molecular weight is 319 g/mol. The average Bonchev–Trinajstić information content (AvgIpc) is 2.63. The predicted molar refractivity (Wildman–Crippen MR) is 88.7 cm³/mol. The lowest BCUT2D eigenvalue weighted by atomic mass is 10.1. The van der Waals surface area contributed by atoms with Crippen molar-refractivity contribution in [3.63, 3.8) is 0 Å². The van der Waals surface area contributed by atoms with E-state index < -0.39 is 0 Å². The van der Waals surface area contributed by atoms with Gasteiger partial charge in [0.25, 0.3) is 11.5 Å². The number of rotatable bonds is 2. The van der Waals surface area contributed by atoms with E-state index >= 15 is 0 Å². The van der Waals surface area contributed by atoms with Gasteiger partial charge in [-0.3, -0.25) is 9.59 Å². The van der Waals surface area contributed by atoms with Crippen LogP contribution < -0.4 is 10.9 Å². The molecule has 1 amide bonds. The highest BCUT2D eigenvalue weighted by molar-refractivity contribution is 7.20. The summed E-state index contributed by atoms with van der Waals surface area (Å²) < 4.78 is 0. The van der Waals surface area contributed by atoms with E-state index in [9.17, 15) is 9.59 Å². The Bertz CT molecular complexity index is 755. The van der Waals surface area contributed by atoms with Crippen LogP contribution in [0.5, 0.6) is 0 Å². The highest BCUT2D eigenvalue weighted by Gasteiger charge is 2.21. The molecule has 0 unspecified atom stereocenters. The quantitative estimate of drug-likeness (QED) is 0.835. The normalized spacial score (nSPS) is 16.6. The van der Waals surface area contributed by atoms with Crippen LogP contribution in [0.15, 0.2) is 4.79 Å². The van der Waals surface area contributed by atoms with Crippen LogP contribution in [0.2, 0.25) is 0 Å². The number of amides is 1. The largest absolute Gasteiger partial charge is 0.349 e. The fourth-order valence-electron chi connectivity index (χ4n) is 3.14. The third-order valence-corrected chi connectivity index (χ3v) is 5.50. The molecule has 1 aliphatic rings. The van der Waals surface area contributed by atoms with Crippen molar-refractivity contribution in [2.75, 3.05) is 0 Å². The maximum absolute atomic E-state index is 12.6. The third kappa shape index (κ3) is 2.92. The molecule has 2 aromatic heterocycles. The standard InChI is InChI=1S/C16H21N3O2S/c1-9-12-14(20)17-10(2)18-16(12)22-13(9)15(21)19-11-7-5-3-4-6-8-11/h11H,3-8H2,1-2H3,(H,19,21)(H,17,18,20). The number of nitrogens with one attached hydrogen (secondary N) is 2. The molecular formula is C16H21N3O2S. The molecule has 118 valence electrons. The molecule has 0 aromatic carbocycles. The van der Waals surface area contributed by atoms with Gasteiger partial charge in [-0.15, -0.1) is 11.3 Å². The van der Waals surface area contributed by atoms with E-state index in [0.717, 1.165) is 18.4 Å². The minimum absolute atomic E-state index is 0.0653. The van der Waals surface area contributed by atoms with Crippen molar-refractivity contribution in [1.82, 2.24) is 15.3 Å². The molecule has 0 atom stereocenters. The highest BCUT2D eigenvalue weighted by Crippen LogP contribution is 2.27. The molecule has 0 radical (unpaired) electrons. The van der Waals surface area contributed by atoms with Gasteiger partial charge in [0.1, 0.15) is 10.7 Å². The maximum atomic E-state index is 12.6. The summed E-state index contributed by atoms with van der Waals surface area (Å²) in [5, 5.41) is 3.69. The number of hydrogen-bond acceptors (Lipinski definition) is 4. The molecule has 1 aliphatic carbocycles. The molecule has 0 bridgehead atoms. The lowest BCUT2D eigenvalue weighted by molar-refractivity contribution is 0.0937. The first-order valence-corrected chi connectivity index (χ1v) is 8.69. The Labute approximate surface area is 133 Å². The lowest BCUT2D eigenvalue weighted by Crippen LogP contribution is -2.34. The molecule has 3 rings (SSSR count). The highest BCUT2D eigenvalue weighted by atomic mass is 32.1. The van der Waals surface area contributed by atoms with Crippen molar-refractivity contribution >= 4 is 27.5 Å². The number of aromatic nitrogens is 2. The minimum atomic E-state index is -0.162. The van der Waals surface area contributed by atoms with Crippen molar-refractivity contribution in [1.29, 1.82) is 0 Å². The summed E-state index contributed by atoms with van der Waals surface area (Å²) in [5.41, 5.74) is 0.574. The zero-order valence-corrected chi connectivity index (χ0v) is 13.8. The summed E-state index contributed by atoms with van der Waals surface area (Å²) in [4.78, 5) is 32.9. The van der Waals surface area contributed by atoms with Crippen molar-refractivity contribution in [3.8, 4) is 0 Å². The number of hydrogen-bond donors (Lipinski definition) is 2. The van der Waals surface area contributed by atoms with Gasteiger partial charge in [-0.05, 0) is 32.3 Å². The van der Waals surface area contributed by atoms with Crippen molar-refractivity contribution in [2.24, 2.45) is 0 Å². The molecule has 1 saturated carbocycles. The minimum Gasteiger partial charge on any atom is -0.349 e. The molecule has 5 nitrogen and oxygen atoms in total. The number of H-pyrrole nitrogens is 1. The third-order valence-electron chi connectivity index (χ3n) is 4.32. The molecule has 22 heavy (non-hydrogen) atoms.